The van der Waals surface area contributed by atoms with Crippen LogP contribution in [0.5, 0.6) is 5.75 Å². The average Bonchev–Trinajstić information content (AvgIpc) is 3.09. The first-order valence-corrected chi connectivity index (χ1v) is 10.6. The third-order valence-electron chi connectivity index (χ3n) is 5.74. The summed E-state index contributed by atoms with van der Waals surface area (Å²) in [5.74, 6) is -0.592. The van der Waals surface area contributed by atoms with E-state index in [-0.39, 0.29) is 24.3 Å². The summed E-state index contributed by atoms with van der Waals surface area (Å²) in [6.45, 7) is 0.210. The number of para-hydroxylation sites is 1. The highest BCUT2D eigenvalue weighted by Gasteiger charge is 2.43. The van der Waals surface area contributed by atoms with E-state index in [0.29, 0.717) is 12.2 Å². The summed E-state index contributed by atoms with van der Waals surface area (Å²) in [6, 6.07) is 25.8. The molecular weight excluding hydrogens is 402 g/mol. The van der Waals surface area contributed by atoms with Gasteiger partial charge in [-0.2, -0.15) is 0 Å². The smallest absolute Gasteiger partial charge is 0.290 e. The zero-order valence-electron chi connectivity index (χ0n) is 17.9. The zero-order valence-corrected chi connectivity index (χ0v) is 17.9. The van der Waals surface area contributed by atoms with E-state index in [4.69, 9.17) is 4.74 Å². The first-order chi connectivity index (χ1) is 15.6. The number of amides is 1. The van der Waals surface area contributed by atoms with Gasteiger partial charge >= 0.3 is 0 Å². The fourth-order valence-corrected chi connectivity index (χ4v) is 4.14. The van der Waals surface area contributed by atoms with Crippen LogP contribution in [-0.4, -0.2) is 28.8 Å². The van der Waals surface area contributed by atoms with Crippen molar-refractivity contribution in [2.24, 2.45) is 0 Å². The molecule has 1 atom stereocenters. The molecule has 0 spiro atoms. The number of rotatable bonds is 8. The van der Waals surface area contributed by atoms with Crippen molar-refractivity contribution >= 4 is 11.7 Å². The maximum atomic E-state index is 13.3. The molecule has 1 aliphatic heterocycles. The highest BCUT2D eigenvalue weighted by molar-refractivity contribution is 6.09. The molecule has 3 aromatic rings. The van der Waals surface area contributed by atoms with Gasteiger partial charge in [-0.3, -0.25) is 9.59 Å². The van der Waals surface area contributed by atoms with Crippen molar-refractivity contribution < 1.29 is 19.4 Å². The standard InChI is InChI=1S/C27H25NO4/c1-32-23-15-9-8-14-21(23)18-28-25(20-12-6-3-7-13-20)24(26(30)27(28)31)22(29)17-16-19-10-4-2-5-11-19/h2-15,25,30H,16-18H2,1H3. The number of nitrogens with zero attached hydrogens (tertiary/aromatic N) is 1. The third-order valence-corrected chi connectivity index (χ3v) is 5.74. The lowest BCUT2D eigenvalue weighted by Crippen LogP contribution is -2.30. The predicted molar refractivity (Wildman–Crippen MR) is 122 cm³/mol. The predicted octanol–water partition coefficient (Wildman–Crippen LogP) is 4.79. The highest BCUT2D eigenvalue weighted by Crippen LogP contribution is 2.40. The number of aliphatic hydroxyl groups is 1. The summed E-state index contributed by atoms with van der Waals surface area (Å²) in [4.78, 5) is 27.9. The van der Waals surface area contributed by atoms with Crippen LogP contribution in [0.2, 0.25) is 0 Å². The van der Waals surface area contributed by atoms with Crippen LogP contribution >= 0.6 is 0 Å². The van der Waals surface area contributed by atoms with Crippen LogP contribution < -0.4 is 4.74 Å². The van der Waals surface area contributed by atoms with Crippen LogP contribution in [0.3, 0.4) is 0 Å². The van der Waals surface area contributed by atoms with E-state index < -0.39 is 17.7 Å². The molecule has 5 heteroatoms. The van der Waals surface area contributed by atoms with Crippen molar-refractivity contribution in [2.75, 3.05) is 7.11 Å². The Morgan fingerprint density at radius 1 is 0.938 bits per heavy atom. The van der Waals surface area contributed by atoms with Crippen LogP contribution in [0.4, 0.5) is 0 Å². The van der Waals surface area contributed by atoms with Gasteiger partial charge in [-0.05, 0) is 23.6 Å². The van der Waals surface area contributed by atoms with E-state index in [1.54, 1.807) is 7.11 Å². The number of hydrogen-bond acceptors (Lipinski definition) is 4. The number of aliphatic hydroxyl groups excluding tert-OH is 1. The Hall–Kier alpha value is -3.86. The van der Waals surface area contributed by atoms with E-state index in [1.165, 1.54) is 4.90 Å². The number of Topliss-reactive ketones (excluding diaryl/α,β-unsaturated/α-hetero) is 1. The molecule has 0 aromatic heterocycles. The van der Waals surface area contributed by atoms with Gasteiger partial charge in [-0.1, -0.05) is 78.9 Å². The minimum Gasteiger partial charge on any atom is -0.503 e. The second kappa shape index (κ2) is 9.52. The Labute approximate surface area is 187 Å². The van der Waals surface area contributed by atoms with Crippen LogP contribution in [0.15, 0.2) is 96.3 Å². The number of carbonyl (C=O) groups excluding carboxylic acids is 2. The zero-order chi connectivity index (χ0) is 22.5. The molecule has 3 aromatic carbocycles. The minimum atomic E-state index is -0.656. The van der Waals surface area contributed by atoms with Crippen molar-refractivity contribution in [1.29, 1.82) is 0 Å². The fraction of sp³-hybridized carbons (Fsp3) is 0.185. The van der Waals surface area contributed by atoms with E-state index in [2.05, 4.69) is 0 Å². The van der Waals surface area contributed by atoms with Gasteiger partial charge in [-0.25, -0.2) is 0 Å². The average molecular weight is 428 g/mol. The molecule has 1 amide bonds. The fourth-order valence-electron chi connectivity index (χ4n) is 4.14. The van der Waals surface area contributed by atoms with Crippen molar-refractivity contribution in [1.82, 2.24) is 4.90 Å². The Bertz CT molecular complexity index is 1140. The maximum Gasteiger partial charge on any atom is 0.290 e. The van der Waals surface area contributed by atoms with Crippen LogP contribution in [0, 0.1) is 0 Å². The molecule has 1 heterocycles. The number of benzene rings is 3. The third kappa shape index (κ3) is 4.28. The van der Waals surface area contributed by atoms with Crippen LogP contribution in [-0.2, 0) is 22.6 Å². The second-order valence-corrected chi connectivity index (χ2v) is 7.73. The monoisotopic (exact) mass is 427 g/mol. The molecule has 1 unspecified atom stereocenters. The van der Waals surface area contributed by atoms with Gasteiger partial charge in [0.1, 0.15) is 5.75 Å². The molecule has 1 aliphatic rings. The Balaban J connectivity index is 1.66. The number of hydrogen-bond donors (Lipinski definition) is 1. The Kier molecular flexibility index (Phi) is 6.36. The maximum absolute atomic E-state index is 13.3. The van der Waals surface area contributed by atoms with Crippen molar-refractivity contribution in [3.05, 3.63) is 113 Å². The van der Waals surface area contributed by atoms with E-state index in [0.717, 1.165) is 16.7 Å². The first-order valence-electron chi connectivity index (χ1n) is 10.6. The lowest BCUT2D eigenvalue weighted by Gasteiger charge is -2.27. The molecule has 0 saturated carbocycles. The van der Waals surface area contributed by atoms with E-state index in [9.17, 15) is 14.7 Å². The Morgan fingerprint density at radius 3 is 2.25 bits per heavy atom. The van der Waals surface area contributed by atoms with Gasteiger partial charge in [0.2, 0.25) is 0 Å². The molecular formula is C27H25NO4. The molecule has 0 saturated heterocycles. The largest absolute Gasteiger partial charge is 0.503 e. The quantitative estimate of drug-likeness (QED) is 0.561. The number of aryl methyl sites for hydroxylation is 1. The summed E-state index contributed by atoms with van der Waals surface area (Å²) in [5.41, 5.74) is 2.78. The minimum absolute atomic E-state index is 0.159. The lowest BCUT2D eigenvalue weighted by atomic mass is 9.93. The molecule has 0 fully saturated rings. The number of ketones is 1. The summed E-state index contributed by atoms with van der Waals surface area (Å²) >= 11 is 0. The number of ether oxygens (including phenoxy) is 1. The molecule has 0 aliphatic carbocycles. The SMILES string of the molecule is COc1ccccc1CN1C(=O)C(O)=C(C(=O)CCc2ccccc2)C1c1ccccc1. The Morgan fingerprint density at radius 2 is 1.56 bits per heavy atom. The van der Waals surface area contributed by atoms with E-state index >= 15 is 0 Å². The summed E-state index contributed by atoms with van der Waals surface area (Å²) in [5, 5.41) is 10.8. The van der Waals surface area contributed by atoms with Crippen molar-refractivity contribution in [2.45, 2.75) is 25.4 Å². The molecule has 0 bridgehead atoms. The van der Waals surface area contributed by atoms with Gasteiger partial charge in [0.15, 0.2) is 11.5 Å². The van der Waals surface area contributed by atoms with Gasteiger partial charge < -0.3 is 14.7 Å². The topological polar surface area (TPSA) is 66.8 Å². The second-order valence-electron chi connectivity index (χ2n) is 7.73. The molecule has 4 rings (SSSR count). The van der Waals surface area contributed by atoms with Crippen molar-refractivity contribution in [3.63, 3.8) is 0 Å². The van der Waals surface area contributed by atoms with E-state index in [1.807, 2.05) is 84.9 Å². The van der Waals surface area contributed by atoms with Crippen molar-refractivity contribution in [3.8, 4) is 5.75 Å². The normalized spacial score (nSPS) is 15.8. The van der Waals surface area contributed by atoms with Crippen LogP contribution in [0.25, 0.3) is 0 Å². The summed E-state index contributed by atoms with van der Waals surface area (Å²) in [6.07, 6.45) is 0.751. The van der Waals surface area contributed by atoms with Gasteiger partial charge in [0.25, 0.3) is 5.91 Å². The molecule has 5 nitrogen and oxygen atoms in total. The lowest BCUT2D eigenvalue weighted by molar-refractivity contribution is -0.130. The number of methoxy groups -OCH3 is 1. The highest BCUT2D eigenvalue weighted by atomic mass is 16.5. The van der Waals surface area contributed by atoms with Gasteiger partial charge in [-0.15, -0.1) is 0 Å². The van der Waals surface area contributed by atoms with Gasteiger partial charge in [0, 0.05) is 12.0 Å². The summed E-state index contributed by atoms with van der Waals surface area (Å²) in [7, 11) is 1.58. The molecule has 1 N–H and O–H groups in total. The molecule has 32 heavy (non-hydrogen) atoms. The molecule has 0 radical (unpaired) electrons. The first kappa shape index (κ1) is 21.4. The van der Waals surface area contributed by atoms with Crippen LogP contribution in [0.1, 0.15) is 29.2 Å². The number of carbonyl (C=O) groups is 2. The summed E-state index contributed by atoms with van der Waals surface area (Å²) < 4.78 is 5.44. The molecule has 162 valence electrons. The van der Waals surface area contributed by atoms with Gasteiger partial charge in [0.05, 0.1) is 25.3 Å².